The molecule has 0 spiro atoms. The van der Waals surface area contributed by atoms with E-state index in [9.17, 15) is 0 Å². The minimum atomic E-state index is -0.258. The van der Waals surface area contributed by atoms with Crippen LogP contribution in [0.3, 0.4) is 0 Å². The number of benzene rings is 4. The van der Waals surface area contributed by atoms with Gasteiger partial charge in [-0.2, -0.15) is 0 Å². The number of rotatable bonds is 0. The SMILES string of the molecule is c1ccc2c3c(ccc2c1)OC1Oc2ccc4ccccc4c2C31. The average molecular weight is 310 g/mol. The summed E-state index contributed by atoms with van der Waals surface area (Å²) in [5.74, 6) is 2.02. The monoisotopic (exact) mass is 310 g/mol. The molecule has 2 aliphatic rings. The third kappa shape index (κ3) is 1.46. The highest BCUT2D eigenvalue weighted by molar-refractivity contribution is 5.94. The van der Waals surface area contributed by atoms with E-state index < -0.39 is 0 Å². The number of fused-ring (bicyclic) bond motifs is 9. The lowest BCUT2D eigenvalue weighted by Gasteiger charge is -2.11. The Hall–Kier alpha value is -3.00. The van der Waals surface area contributed by atoms with Crippen molar-refractivity contribution >= 4 is 21.5 Å². The first-order valence-electron chi connectivity index (χ1n) is 8.27. The summed E-state index contributed by atoms with van der Waals surface area (Å²) in [6.45, 7) is 0. The summed E-state index contributed by atoms with van der Waals surface area (Å²) in [6.07, 6.45) is -0.258. The molecular weight excluding hydrogens is 296 g/mol. The first kappa shape index (κ1) is 12.4. The maximum absolute atomic E-state index is 6.15. The predicted octanol–water partition coefficient (Wildman–Crippen LogP) is 5.24. The third-order valence-corrected chi connectivity index (χ3v) is 5.24. The Labute approximate surface area is 139 Å². The molecule has 2 heterocycles. The molecule has 0 bridgehead atoms. The van der Waals surface area contributed by atoms with Gasteiger partial charge in [0.05, 0.1) is 5.92 Å². The second-order valence-corrected chi connectivity index (χ2v) is 6.48. The van der Waals surface area contributed by atoms with Gasteiger partial charge in [-0.05, 0) is 33.7 Å². The van der Waals surface area contributed by atoms with Crippen LogP contribution >= 0.6 is 0 Å². The zero-order chi connectivity index (χ0) is 15.7. The smallest absolute Gasteiger partial charge is 0.252 e. The minimum absolute atomic E-state index is 0.132. The van der Waals surface area contributed by atoms with Gasteiger partial charge < -0.3 is 9.47 Å². The maximum Gasteiger partial charge on any atom is 0.252 e. The molecule has 0 N–H and O–H groups in total. The Kier molecular flexibility index (Phi) is 2.22. The Morgan fingerprint density at radius 1 is 0.542 bits per heavy atom. The van der Waals surface area contributed by atoms with Gasteiger partial charge in [0.15, 0.2) is 0 Å². The quantitative estimate of drug-likeness (QED) is 0.442. The van der Waals surface area contributed by atoms with Gasteiger partial charge >= 0.3 is 0 Å². The molecule has 4 aromatic carbocycles. The van der Waals surface area contributed by atoms with Crippen LogP contribution in [-0.4, -0.2) is 6.29 Å². The lowest BCUT2D eigenvalue weighted by Crippen LogP contribution is -2.19. The molecule has 0 fully saturated rings. The van der Waals surface area contributed by atoms with Gasteiger partial charge in [0.25, 0.3) is 6.29 Å². The molecule has 6 rings (SSSR count). The molecule has 2 heteroatoms. The van der Waals surface area contributed by atoms with E-state index in [0.29, 0.717) is 0 Å². The summed E-state index contributed by atoms with van der Waals surface area (Å²) in [5.41, 5.74) is 2.52. The zero-order valence-corrected chi connectivity index (χ0v) is 12.9. The first-order chi connectivity index (χ1) is 11.9. The summed E-state index contributed by atoms with van der Waals surface area (Å²) in [5, 5.41) is 5.00. The number of hydrogen-bond donors (Lipinski definition) is 0. The van der Waals surface area contributed by atoms with Crippen LogP contribution in [0.4, 0.5) is 0 Å². The van der Waals surface area contributed by atoms with Crippen molar-refractivity contribution in [1.29, 1.82) is 0 Å². The van der Waals surface area contributed by atoms with Crippen LogP contribution in [0.15, 0.2) is 72.8 Å². The second kappa shape index (κ2) is 4.30. The Morgan fingerprint density at radius 3 is 1.58 bits per heavy atom. The van der Waals surface area contributed by atoms with Crippen molar-refractivity contribution in [3.05, 3.63) is 83.9 Å². The topological polar surface area (TPSA) is 18.5 Å². The molecular formula is C22H14O2. The molecule has 2 nitrogen and oxygen atoms in total. The summed E-state index contributed by atoms with van der Waals surface area (Å²) < 4.78 is 12.3. The Balaban J connectivity index is 1.71. The number of ether oxygens (including phenoxy) is 2. The standard InChI is InChI=1S/C22H14O2/c1-3-7-15-13(5-1)9-11-17-19(15)21-20-16-8-4-2-6-14(16)10-12-18(20)24-22(21)23-17/h1-12,21-22H. The van der Waals surface area contributed by atoms with Crippen LogP contribution < -0.4 is 9.47 Å². The van der Waals surface area contributed by atoms with E-state index >= 15 is 0 Å². The Morgan fingerprint density at radius 2 is 1.04 bits per heavy atom. The second-order valence-electron chi connectivity index (χ2n) is 6.48. The minimum Gasteiger partial charge on any atom is -0.454 e. The highest BCUT2D eigenvalue weighted by Gasteiger charge is 2.45. The van der Waals surface area contributed by atoms with Crippen LogP contribution in [0.2, 0.25) is 0 Å². The van der Waals surface area contributed by atoms with Crippen LogP contribution in [0, 0.1) is 0 Å². The van der Waals surface area contributed by atoms with Crippen molar-refractivity contribution in [3.63, 3.8) is 0 Å². The summed E-state index contributed by atoms with van der Waals surface area (Å²) in [6, 6.07) is 25.4. The highest BCUT2D eigenvalue weighted by atomic mass is 16.7. The van der Waals surface area contributed by atoms with E-state index in [4.69, 9.17) is 9.47 Å². The predicted molar refractivity (Wildman–Crippen MR) is 94.8 cm³/mol. The van der Waals surface area contributed by atoms with Gasteiger partial charge in [-0.15, -0.1) is 0 Å². The van der Waals surface area contributed by atoms with Gasteiger partial charge in [-0.25, -0.2) is 0 Å². The van der Waals surface area contributed by atoms with Crippen molar-refractivity contribution in [2.45, 2.75) is 12.2 Å². The van der Waals surface area contributed by atoms with Gasteiger partial charge in [0.1, 0.15) is 11.5 Å². The molecule has 0 atom stereocenters. The fourth-order valence-corrected chi connectivity index (χ4v) is 4.23. The molecule has 114 valence electrons. The van der Waals surface area contributed by atoms with Crippen molar-refractivity contribution in [2.24, 2.45) is 0 Å². The lowest BCUT2D eigenvalue weighted by atomic mass is 9.87. The van der Waals surface area contributed by atoms with Gasteiger partial charge in [0.2, 0.25) is 0 Å². The zero-order valence-electron chi connectivity index (χ0n) is 12.9. The van der Waals surface area contributed by atoms with E-state index in [0.717, 1.165) is 11.5 Å². The molecule has 2 aliphatic heterocycles. The van der Waals surface area contributed by atoms with E-state index in [1.54, 1.807) is 0 Å². The molecule has 4 aromatic rings. The van der Waals surface area contributed by atoms with E-state index in [1.165, 1.54) is 32.7 Å². The average Bonchev–Trinajstić information content (AvgIpc) is 3.17. The van der Waals surface area contributed by atoms with Crippen molar-refractivity contribution in [1.82, 2.24) is 0 Å². The third-order valence-electron chi connectivity index (χ3n) is 5.24. The largest absolute Gasteiger partial charge is 0.454 e. The molecule has 0 saturated heterocycles. The van der Waals surface area contributed by atoms with Crippen molar-refractivity contribution in [2.75, 3.05) is 0 Å². The number of hydrogen-bond acceptors (Lipinski definition) is 2. The molecule has 24 heavy (non-hydrogen) atoms. The molecule has 0 unspecified atom stereocenters. The lowest BCUT2D eigenvalue weighted by molar-refractivity contribution is 0.0330. The van der Waals surface area contributed by atoms with Crippen molar-refractivity contribution in [3.8, 4) is 11.5 Å². The van der Waals surface area contributed by atoms with Crippen LogP contribution in [0.1, 0.15) is 17.0 Å². The van der Waals surface area contributed by atoms with Crippen molar-refractivity contribution < 1.29 is 9.47 Å². The summed E-state index contributed by atoms with van der Waals surface area (Å²) in [4.78, 5) is 0. The maximum atomic E-state index is 6.15. The molecule has 0 saturated carbocycles. The normalized spacial score (nSPS) is 20.3. The van der Waals surface area contributed by atoms with Gasteiger partial charge in [-0.1, -0.05) is 60.7 Å². The highest BCUT2D eigenvalue weighted by Crippen LogP contribution is 2.54. The van der Waals surface area contributed by atoms with Crippen LogP contribution in [-0.2, 0) is 0 Å². The molecule has 0 aromatic heterocycles. The first-order valence-corrected chi connectivity index (χ1v) is 8.27. The molecule has 0 radical (unpaired) electrons. The van der Waals surface area contributed by atoms with E-state index in [2.05, 4.69) is 72.8 Å². The van der Waals surface area contributed by atoms with E-state index in [-0.39, 0.29) is 12.2 Å². The van der Waals surface area contributed by atoms with Crippen LogP contribution in [0.5, 0.6) is 11.5 Å². The summed E-state index contributed by atoms with van der Waals surface area (Å²) >= 11 is 0. The fraction of sp³-hybridized carbons (Fsp3) is 0.0909. The molecule has 0 amide bonds. The fourth-order valence-electron chi connectivity index (χ4n) is 4.23. The van der Waals surface area contributed by atoms with Gasteiger partial charge in [-0.3, -0.25) is 0 Å². The van der Waals surface area contributed by atoms with Crippen LogP contribution in [0.25, 0.3) is 21.5 Å². The van der Waals surface area contributed by atoms with E-state index in [1.807, 2.05) is 0 Å². The van der Waals surface area contributed by atoms with Gasteiger partial charge in [0, 0.05) is 11.1 Å². The summed E-state index contributed by atoms with van der Waals surface area (Å²) in [7, 11) is 0. The molecule has 0 aliphatic carbocycles. The Bertz CT molecular complexity index is 1040.